The first-order valence-corrected chi connectivity index (χ1v) is 24.5. The van der Waals surface area contributed by atoms with Crippen molar-refractivity contribution < 1.29 is 4.42 Å². The largest absolute Gasteiger partial charge is 0.468 e. The molecule has 0 unspecified atom stereocenters. The number of hydrogen-bond donors (Lipinski definition) is 0. The lowest BCUT2D eigenvalue weighted by Crippen LogP contribution is -2.61. The molecule has 0 saturated carbocycles. The van der Waals surface area contributed by atoms with E-state index in [0.717, 1.165) is 23.4 Å². The lowest BCUT2D eigenvalue weighted by Gasteiger charge is -2.43. The Kier molecular flexibility index (Phi) is 9.59. The summed E-state index contributed by atoms with van der Waals surface area (Å²) >= 11 is 0. The van der Waals surface area contributed by atoms with E-state index in [1.807, 2.05) is 0 Å². The van der Waals surface area contributed by atoms with Gasteiger partial charge in [-0.1, -0.05) is 165 Å². The van der Waals surface area contributed by atoms with Crippen molar-refractivity contribution in [2.45, 2.75) is 157 Å². The van der Waals surface area contributed by atoms with E-state index in [-0.39, 0.29) is 39.2 Å². The Labute approximate surface area is 396 Å². The molecule has 0 amide bonds. The summed E-state index contributed by atoms with van der Waals surface area (Å²) < 4.78 is 7.40. The Balaban J connectivity index is 1.32. The third-order valence-corrected chi connectivity index (χ3v) is 15.3. The minimum atomic E-state index is -0.131. The van der Waals surface area contributed by atoms with E-state index in [9.17, 15) is 0 Å². The summed E-state index contributed by atoms with van der Waals surface area (Å²) in [6, 6.07) is 43.0. The molecule has 0 bridgehead atoms. The predicted octanol–water partition coefficient (Wildman–Crippen LogP) is 15.6. The van der Waals surface area contributed by atoms with Crippen LogP contribution in [0.1, 0.15) is 156 Å². The second-order valence-corrected chi connectivity index (χ2v) is 25.6. The summed E-state index contributed by atoms with van der Waals surface area (Å²) in [5, 5.41) is 1.17. The Hall–Kier alpha value is -5.48. The maximum Gasteiger partial charge on any atom is 0.297 e. The van der Waals surface area contributed by atoms with Crippen LogP contribution >= 0.6 is 0 Å². The van der Waals surface area contributed by atoms with Crippen LogP contribution in [0.3, 0.4) is 0 Å². The van der Waals surface area contributed by atoms with Gasteiger partial charge in [-0.15, -0.1) is 0 Å². The maximum atomic E-state index is 7.40. The number of rotatable bonds is 3. The van der Waals surface area contributed by atoms with Crippen LogP contribution in [0.5, 0.6) is 0 Å². The fourth-order valence-electron chi connectivity index (χ4n) is 11.8. The van der Waals surface area contributed by atoms with Crippen LogP contribution in [0, 0.1) is 6.92 Å². The lowest BCUT2D eigenvalue weighted by atomic mass is 9.35. The zero-order valence-corrected chi connectivity index (χ0v) is 43.0. The normalized spacial score (nSPS) is 16.3. The van der Waals surface area contributed by atoms with Gasteiger partial charge in [0.05, 0.1) is 17.0 Å². The molecule has 0 atom stereocenters. The van der Waals surface area contributed by atoms with Gasteiger partial charge in [0.1, 0.15) is 5.58 Å². The summed E-state index contributed by atoms with van der Waals surface area (Å²) in [5.41, 5.74) is 23.6. The highest BCUT2D eigenvalue weighted by molar-refractivity contribution is 7.00. The zero-order chi connectivity index (χ0) is 47.4. The van der Waals surface area contributed by atoms with Crippen molar-refractivity contribution in [1.82, 2.24) is 0 Å². The van der Waals surface area contributed by atoms with Gasteiger partial charge in [-0.2, -0.15) is 0 Å². The highest BCUT2D eigenvalue weighted by Crippen LogP contribution is 2.54. The SMILES string of the molecule is Cc1cc2c3c(c1)N(c1ccc4c(c1)C(C)(C)CC4(C)C)c1c(oc4ccc(C(C)(C)C)cc14)B3c1cc(C(C)(C)C)ccc1N2c1ccc(C(C)(C)C)cc1-c1ccc(C(C)(C)C)cc1. The quantitative estimate of drug-likeness (QED) is 0.165. The molecule has 2 aliphatic heterocycles. The monoisotopic (exact) mass is 871 g/mol. The maximum absolute atomic E-state index is 7.40. The molecule has 1 aromatic heterocycles. The number of nitrogens with zero attached hydrogens (tertiary/aromatic N) is 2. The highest BCUT2D eigenvalue weighted by atomic mass is 16.3. The molecule has 3 nitrogen and oxygen atoms in total. The van der Waals surface area contributed by atoms with E-state index in [1.54, 1.807) is 0 Å². The van der Waals surface area contributed by atoms with Crippen LogP contribution in [0.2, 0.25) is 0 Å². The highest BCUT2D eigenvalue weighted by Gasteiger charge is 2.49. The van der Waals surface area contributed by atoms with Gasteiger partial charge in [0, 0.05) is 33.7 Å². The van der Waals surface area contributed by atoms with E-state index in [1.165, 1.54) is 94.8 Å². The standard InChI is InChI=1S/C62H71BN2O/c1-37-30-51-54-52(31-37)65(49-27-22-40(58(5,6)7)32-44(49)38-18-20-39(21-19-38)57(2,3)4)50-28-23-42(60(11,12)13)34-48(50)63(54)56-55(45-33-41(59(8,9)10)24-29-53(45)66-56)64(51)43-25-26-46-47(35-43)62(16,17)36-61(46,14)15/h18-35H,36H2,1-17H3. The van der Waals surface area contributed by atoms with Crippen molar-refractivity contribution in [2.24, 2.45) is 0 Å². The van der Waals surface area contributed by atoms with E-state index in [4.69, 9.17) is 4.42 Å². The molecule has 1 aliphatic carbocycles. The van der Waals surface area contributed by atoms with Crippen LogP contribution in [0.15, 0.2) is 114 Å². The number of anilines is 6. The van der Waals surface area contributed by atoms with Crippen molar-refractivity contribution in [1.29, 1.82) is 0 Å². The summed E-state index contributed by atoms with van der Waals surface area (Å²) in [7, 11) is 0. The third kappa shape index (κ3) is 6.98. The molecule has 3 aliphatic rings. The summed E-state index contributed by atoms with van der Waals surface area (Å²) in [5.74, 6) is 0. The van der Waals surface area contributed by atoms with Crippen molar-refractivity contribution in [3.05, 3.63) is 148 Å². The average molecular weight is 871 g/mol. The van der Waals surface area contributed by atoms with E-state index in [2.05, 4.69) is 237 Å². The number of hydrogen-bond acceptors (Lipinski definition) is 3. The molecule has 0 saturated heterocycles. The lowest BCUT2D eigenvalue weighted by molar-refractivity contribution is 0.403. The predicted molar refractivity (Wildman–Crippen MR) is 286 cm³/mol. The molecule has 4 heteroatoms. The number of furan rings is 1. The van der Waals surface area contributed by atoms with E-state index >= 15 is 0 Å². The second-order valence-electron chi connectivity index (χ2n) is 25.6. The first kappa shape index (κ1) is 44.4. The van der Waals surface area contributed by atoms with Gasteiger partial charge in [-0.3, -0.25) is 0 Å². The first-order valence-electron chi connectivity index (χ1n) is 24.5. The number of benzene rings is 6. The molecular weight excluding hydrogens is 800 g/mol. The summed E-state index contributed by atoms with van der Waals surface area (Å²) in [4.78, 5) is 5.19. The Morgan fingerprint density at radius 2 is 1.03 bits per heavy atom. The summed E-state index contributed by atoms with van der Waals surface area (Å²) in [6.07, 6.45) is 1.12. The molecule has 0 spiro atoms. The topological polar surface area (TPSA) is 19.6 Å². The van der Waals surface area contributed by atoms with Crippen molar-refractivity contribution in [3.63, 3.8) is 0 Å². The van der Waals surface area contributed by atoms with Crippen LogP contribution in [0.25, 0.3) is 22.1 Å². The Morgan fingerprint density at radius 3 is 1.65 bits per heavy atom. The molecule has 0 fully saturated rings. The minimum Gasteiger partial charge on any atom is -0.468 e. The van der Waals surface area contributed by atoms with Gasteiger partial charge < -0.3 is 14.2 Å². The van der Waals surface area contributed by atoms with Gasteiger partial charge in [0.15, 0.2) is 0 Å². The number of fused-ring (bicyclic) bond motifs is 7. The molecule has 0 radical (unpaired) electrons. The average Bonchev–Trinajstić information content (AvgIpc) is 3.68. The van der Waals surface area contributed by atoms with Crippen LogP contribution in [0.4, 0.5) is 34.1 Å². The fourth-order valence-corrected chi connectivity index (χ4v) is 11.8. The fraction of sp³-hybridized carbons (Fsp3) is 0.387. The van der Waals surface area contributed by atoms with Gasteiger partial charge in [0.2, 0.25) is 0 Å². The Morgan fingerprint density at radius 1 is 0.500 bits per heavy atom. The van der Waals surface area contributed by atoms with Gasteiger partial charge >= 0.3 is 0 Å². The molecule has 7 aromatic rings. The molecule has 6 aromatic carbocycles. The van der Waals surface area contributed by atoms with Gasteiger partial charge in [-0.05, 0) is 156 Å². The second kappa shape index (κ2) is 14.3. The van der Waals surface area contributed by atoms with Gasteiger partial charge in [-0.25, -0.2) is 0 Å². The van der Waals surface area contributed by atoms with Gasteiger partial charge in [0.25, 0.3) is 6.71 Å². The third-order valence-electron chi connectivity index (χ3n) is 15.3. The van der Waals surface area contributed by atoms with Crippen molar-refractivity contribution in [3.8, 4) is 11.1 Å². The molecule has 338 valence electrons. The van der Waals surface area contributed by atoms with Crippen molar-refractivity contribution >= 4 is 68.4 Å². The minimum absolute atomic E-state index is 0.0294. The van der Waals surface area contributed by atoms with Crippen LogP contribution < -0.4 is 26.4 Å². The van der Waals surface area contributed by atoms with E-state index in [0.29, 0.717) is 0 Å². The molecule has 0 N–H and O–H groups in total. The van der Waals surface area contributed by atoms with Crippen molar-refractivity contribution in [2.75, 3.05) is 9.80 Å². The number of aryl methyl sites for hydroxylation is 1. The first-order chi connectivity index (χ1) is 30.6. The van der Waals surface area contributed by atoms with E-state index < -0.39 is 0 Å². The zero-order valence-electron chi connectivity index (χ0n) is 43.0. The molecule has 10 rings (SSSR count). The molecule has 66 heavy (non-hydrogen) atoms. The van der Waals surface area contributed by atoms with Crippen LogP contribution in [-0.4, -0.2) is 6.71 Å². The smallest absolute Gasteiger partial charge is 0.297 e. The Bertz CT molecular complexity index is 3110. The molecular formula is C62H71BN2O. The van der Waals surface area contributed by atoms with Crippen LogP contribution in [-0.2, 0) is 32.5 Å². The molecule has 3 heterocycles. The summed E-state index contributed by atoms with van der Waals surface area (Å²) in [6.45, 7) is 39.7.